The van der Waals surface area contributed by atoms with Crippen LogP contribution in [-0.2, 0) is 16.6 Å². The first-order valence-corrected chi connectivity index (χ1v) is 15.8. The highest BCUT2D eigenvalue weighted by atomic mass is 35.5. The Balaban J connectivity index is 1.40. The quantitative estimate of drug-likeness (QED) is 0.196. The molecule has 1 aliphatic rings. The average molecular weight is 668 g/mol. The van der Waals surface area contributed by atoms with Gasteiger partial charge < -0.3 is 20.1 Å². The van der Waals surface area contributed by atoms with E-state index in [0.29, 0.717) is 27.4 Å². The van der Waals surface area contributed by atoms with Crippen LogP contribution >= 0.6 is 22.9 Å². The van der Waals surface area contributed by atoms with E-state index in [2.05, 4.69) is 20.0 Å². The summed E-state index contributed by atoms with van der Waals surface area (Å²) in [5.74, 6) is -4.12. The van der Waals surface area contributed by atoms with E-state index in [1.165, 1.54) is 41.6 Å². The van der Waals surface area contributed by atoms with Gasteiger partial charge in [0.25, 0.3) is 11.8 Å². The molecule has 4 aromatic rings. The number of carbonyl (C=O) groups excluding carboxylic acids is 1. The molecule has 44 heavy (non-hydrogen) atoms. The summed E-state index contributed by atoms with van der Waals surface area (Å²) in [4.78, 5) is 24.0. The largest absolute Gasteiger partial charge is 0.486 e. The lowest BCUT2D eigenvalue weighted by molar-refractivity contribution is -0.0263. The number of thiophene rings is 1. The van der Waals surface area contributed by atoms with E-state index in [0.717, 1.165) is 17.5 Å². The molecule has 1 amide bonds. The predicted octanol–water partition coefficient (Wildman–Crippen LogP) is 5.33. The number of benzene rings is 1. The van der Waals surface area contributed by atoms with Gasteiger partial charge in [0.2, 0.25) is 10.0 Å². The van der Waals surface area contributed by atoms with Gasteiger partial charge in [-0.3, -0.25) is 19.5 Å². The van der Waals surface area contributed by atoms with Gasteiger partial charge in [-0.1, -0.05) is 11.6 Å². The minimum atomic E-state index is -3.82. The summed E-state index contributed by atoms with van der Waals surface area (Å²) in [6.07, 6.45) is 3.94. The number of sulfonamides is 1. The minimum absolute atomic E-state index is 0.0747. The maximum absolute atomic E-state index is 13.7. The molecule has 5 rings (SSSR count). The lowest BCUT2D eigenvalue weighted by atomic mass is 10.1. The molecule has 0 saturated carbocycles. The van der Waals surface area contributed by atoms with E-state index in [4.69, 9.17) is 21.4 Å². The highest BCUT2D eigenvalue weighted by Gasteiger charge is 2.44. The SMILES string of the molecule is Cc1sc(C(=O)Nc2cc(Cl)cc(NS(=O)(=O)CCO)c2)cc1-c1ncc(N2CC(F)(F)C2)cc1OCc1cncc(F)c1. The Hall–Kier alpha value is -3.92. The van der Waals surface area contributed by atoms with Crippen molar-refractivity contribution in [2.45, 2.75) is 19.5 Å². The van der Waals surface area contributed by atoms with E-state index >= 15 is 0 Å². The number of aliphatic hydroxyl groups is 1. The molecule has 16 heteroatoms. The number of rotatable bonds is 11. The monoisotopic (exact) mass is 667 g/mol. The third-order valence-corrected chi connectivity index (χ3v) is 8.92. The van der Waals surface area contributed by atoms with Crippen LogP contribution in [-0.4, -0.2) is 60.8 Å². The van der Waals surface area contributed by atoms with Gasteiger partial charge >= 0.3 is 0 Å². The zero-order valence-corrected chi connectivity index (χ0v) is 25.4. The van der Waals surface area contributed by atoms with Gasteiger partial charge in [-0.2, -0.15) is 0 Å². The maximum atomic E-state index is 13.7. The normalized spacial score (nSPS) is 14.2. The maximum Gasteiger partial charge on any atom is 0.282 e. The molecule has 1 aromatic carbocycles. The fraction of sp³-hybridized carbons (Fsp3) is 0.250. The van der Waals surface area contributed by atoms with Gasteiger partial charge in [0.15, 0.2) is 0 Å². The smallest absolute Gasteiger partial charge is 0.282 e. The summed E-state index contributed by atoms with van der Waals surface area (Å²) < 4.78 is 73.1. The summed E-state index contributed by atoms with van der Waals surface area (Å²) in [6.45, 7) is 0.208. The van der Waals surface area contributed by atoms with Crippen LogP contribution in [0.2, 0.25) is 5.02 Å². The zero-order chi connectivity index (χ0) is 31.6. The number of alkyl halides is 2. The van der Waals surface area contributed by atoms with Crippen LogP contribution in [0.4, 0.5) is 30.2 Å². The Bertz CT molecular complexity index is 1820. The van der Waals surface area contributed by atoms with Crippen LogP contribution in [0, 0.1) is 12.7 Å². The van der Waals surface area contributed by atoms with Gasteiger partial charge in [-0.05, 0) is 37.3 Å². The van der Waals surface area contributed by atoms with Crippen molar-refractivity contribution in [1.82, 2.24) is 9.97 Å². The first-order valence-electron chi connectivity index (χ1n) is 13.0. The Morgan fingerprint density at radius 1 is 1.14 bits per heavy atom. The van der Waals surface area contributed by atoms with Gasteiger partial charge in [0.05, 0.1) is 54.1 Å². The van der Waals surface area contributed by atoms with E-state index in [1.54, 1.807) is 19.1 Å². The van der Waals surface area contributed by atoms with Crippen molar-refractivity contribution in [2.75, 3.05) is 40.4 Å². The highest BCUT2D eigenvalue weighted by Crippen LogP contribution is 2.40. The number of hydrogen-bond acceptors (Lipinski definition) is 9. The number of nitrogens with zero attached hydrogens (tertiary/aromatic N) is 3. The molecule has 232 valence electrons. The molecular weight excluding hydrogens is 643 g/mol. The van der Waals surface area contributed by atoms with Crippen molar-refractivity contribution >= 4 is 55.9 Å². The van der Waals surface area contributed by atoms with Gasteiger partial charge in [-0.15, -0.1) is 11.3 Å². The van der Waals surface area contributed by atoms with Gasteiger partial charge in [-0.25, -0.2) is 21.6 Å². The van der Waals surface area contributed by atoms with Crippen molar-refractivity contribution in [3.8, 4) is 17.0 Å². The lowest BCUT2D eigenvalue weighted by Gasteiger charge is -2.40. The summed E-state index contributed by atoms with van der Waals surface area (Å²) >= 11 is 7.30. The van der Waals surface area contributed by atoms with Gasteiger partial charge in [0.1, 0.15) is 23.9 Å². The third-order valence-electron chi connectivity index (χ3n) is 6.39. The first kappa shape index (κ1) is 31.5. The number of halogens is 4. The Morgan fingerprint density at radius 2 is 1.89 bits per heavy atom. The zero-order valence-electron chi connectivity index (χ0n) is 23.0. The number of hydrogen-bond donors (Lipinski definition) is 3. The summed E-state index contributed by atoms with van der Waals surface area (Å²) in [5.41, 5.74) is 2.09. The van der Waals surface area contributed by atoms with E-state index < -0.39 is 53.1 Å². The second-order valence-corrected chi connectivity index (χ2v) is 13.5. The second-order valence-electron chi connectivity index (χ2n) is 9.96. The molecule has 0 aliphatic carbocycles. The van der Waals surface area contributed by atoms with Crippen molar-refractivity contribution in [1.29, 1.82) is 0 Å². The first-order chi connectivity index (χ1) is 20.8. The van der Waals surface area contributed by atoms with Crippen molar-refractivity contribution in [3.63, 3.8) is 0 Å². The topological polar surface area (TPSA) is 134 Å². The number of ether oxygens (including phenoxy) is 1. The molecule has 3 aromatic heterocycles. The number of aromatic nitrogens is 2. The summed E-state index contributed by atoms with van der Waals surface area (Å²) in [5, 5.41) is 11.8. The van der Waals surface area contributed by atoms with E-state index in [1.807, 2.05) is 0 Å². The number of aryl methyl sites for hydroxylation is 1. The van der Waals surface area contributed by atoms with Crippen LogP contribution in [0.15, 0.2) is 55.0 Å². The van der Waals surface area contributed by atoms with Crippen LogP contribution in [0.1, 0.15) is 20.1 Å². The molecule has 1 aliphatic heterocycles. The van der Waals surface area contributed by atoms with E-state index in [9.17, 15) is 26.4 Å². The number of anilines is 3. The van der Waals surface area contributed by atoms with Crippen molar-refractivity contribution in [3.05, 3.63) is 81.1 Å². The predicted molar refractivity (Wildman–Crippen MR) is 162 cm³/mol. The van der Waals surface area contributed by atoms with Crippen molar-refractivity contribution < 1.29 is 36.2 Å². The highest BCUT2D eigenvalue weighted by molar-refractivity contribution is 7.92. The molecule has 3 N–H and O–H groups in total. The van der Waals surface area contributed by atoms with E-state index in [-0.39, 0.29) is 33.6 Å². The average Bonchev–Trinajstić information content (AvgIpc) is 3.31. The molecule has 0 spiro atoms. The number of aliphatic hydroxyl groups excluding tert-OH is 1. The number of pyridine rings is 2. The molecule has 0 atom stereocenters. The fourth-order valence-electron chi connectivity index (χ4n) is 4.40. The third kappa shape index (κ3) is 7.59. The molecule has 0 unspecified atom stereocenters. The van der Waals surface area contributed by atoms with Crippen LogP contribution < -0.4 is 19.7 Å². The minimum Gasteiger partial charge on any atom is -0.486 e. The lowest BCUT2D eigenvalue weighted by Crippen LogP contribution is -2.56. The van der Waals surface area contributed by atoms with Crippen LogP contribution in [0.5, 0.6) is 5.75 Å². The van der Waals surface area contributed by atoms with Gasteiger partial charge in [0, 0.05) is 39.0 Å². The number of carbonyl (C=O) groups is 1. The molecular formula is C28H25ClF3N5O5S2. The molecule has 1 fully saturated rings. The standard InChI is InChI=1S/C28H25ClF3N5O5S2/c1-16-23(9-25(43-16)27(39)35-20-5-18(29)6-21(7-20)36-44(40,41)3-2-38)26-24(42-13-17-4-19(30)11-33-10-17)8-22(12-34-26)37-14-28(31,32)15-37/h4-12,36,38H,2-3,13-15H2,1H3,(H,35,39). The number of nitrogens with one attached hydrogen (secondary N) is 2. The second kappa shape index (κ2) is 12.6. The molecule has 4 heterocycles. The number of amides is 1. The Labute approximate surface area is 259 Å². The Morgan fingerprint density at radius 3 is 2.59 bits per heavy atom. The van der Waals surface area contributed by atoms with Crippen LogP contribution in [0.3, 0.4) is 0 Å². The molecule has 10 nitrogen and oxygen atoms in total. The summed E-state index contributed by atoms with van der Waals surface area (Å²) in [7, 11) is -3.82. The van der Waals surface area contributed by atoms with Crippen LogP contribution in [0.25, 0.3) is 11.3 Å². The molecule has 0 bridgehead atoms. The fourth-order valence-corrected chi connectivity index (χ4v) is 6.37. The molecule has 0 radical (unpaired) electrons. The Kier molecular flexibility index (Phi) is 9.02. The molecule has 1 saturated heterocycles. The summed E-state index contributed by atoms with van der Waals surface area (Å²) in [6, 6.07) is 8.62. The van der Waals surface area contributed by atoms with Crippen molar-refractivity contribution in [2.24, 2.45) is 0 Å².